The van der Waals surface area contributed by atoms with Gasteiger partial charge in [-0.05, 0) is 37.1 Å². The van der Waals surface area contributed by atoms with Crippen LogP contribution in [0.15, 0.2) is 46.5 Å². The fraction of sp³-hybridized carbons (Fsp3) is 0.368. The number of alkyl halides is 2. The van der Waals surface area contributed by atoms with Crippen LogP contribution in [0.2, 0.25) is 0 Å². The maximum atomic E-state index is 13.3. The summed E-state index contributed by atoms with van der Waals surface area (Å²) in [7, 11) is -1.63. The van der Waals surface area contributed by atoms with Gasteiger partial charge in [-0.1, -0.05) is 19.3 Å². The van der Waals surface area contributed by atoms with E-state index in [1.807, 2.05) is 4.57 Å². The molecule has 6 nitrogen and oxygen atoms in total. The van der Waals surface area contributed by atoms with E-state index in [1.165, 1.54) is 30.7 Å². The molecule has 3 aromatic rings. The summed E-state index contributed by atoms with van der Waals surface area (Å²) in [5.74, 6) is 0.410. The molecule has 9 heteroatoms. The lowest BCUT2D eigenvalue weighted by molar-refractivity contribution is -0.0498. The van der Waals surface area contributed by atoms with Crippen LogP contribution >= 0.6 is 0 Å². The van der Waals surface area contributed by atoms with Crippen molar-refractivity contribution in [2.45, 2.75) is 54.5 Å². The van der Waals surface area contributed by atoms with Crippen molar-refractivity contribution >= 4 is 27.8 Å². The number of hydrogen-bond donors (Lipinski definition) is 1. The van der Waals surface area contributed by atoms with E-state index >= 15 is 0 Å². The summed E-state index contributed by atoms with van der Waals surface area (Å²) in [4.78, 5) is 9.67. The standard InChI is InChI=1S/C19H20F2N4O2S/c20-19(21)27-13-6-8-14(9-7-13)28(26)16-15-18(24-11-10-23-15)25(17(16)22)12-4-2-1-3-5-12/h6-12,19H,1-5,22H2. The Morgan fingerprint density at radius 1 is 1.11 bits per heavy atom. The van der Waals surface area contributed by atoms with Crippen LogP contribution in [0.1, 0.15) is 38.1 Å². The third-order valence-electron chi connectivity index (χ3n) is 5.00. The fourth-order valence-electron chi connectivity index (χ4n) is 3.77. The van der Waals surface area contributed by atoms with Gasteiger partial charge in [-0.2, -0.15) is 8.78 Å². The Hall–Kier alpha value is -2.55. The van der Waals surface area contributed by atoms with Gasteiger partial charge in [-0.3, -0.25) is 0 Å². The average molecular weight is 406 g/mol. The van der Waals surface area contributed by atoms with Gasteiger partial charge >= 0.3 is 6.61 Å². The van der Waals surface area contributed by atoms with Gasteiger partial charge < -0.3 is 15.0 Å². The Morgan fingerprint density at radius 2 is 1.79 bits per heavy atom. The lowest BCUT2D eigenvalue weighted by Crippen LogP contribution is -2.15. The number of benzene rings is 1. The van der Waals surface area contributed by atoms with E-state index in [9.17, 15) is 13.0 Å². The van der Waals surface area contributed by atoms with E-state index in [0.29, 0.717) is 26.8 Å². The SMILES string of the molecule is Nc1c(S(=O)c2ccc(OC(F)F)cc2)c2nccnc2n1C1CCCCC1. The largest absolute Gasteiger partial charge is 0.435 e. The Kier molecular flexibility index (Phi) is 5.25. The molecule has 0 aliphatic heterocycles. The quantitative estimate of drug-likeness (QED) is 0.684. The molecule has 1 aromatic carbocycles. The molecular formula is C19H20F2N4O2S. The van der Waals surface area contributed by atoms with E-state index in [4.69, 9.17) is 5.73 Å². The van der Waals surface area contributed by atoms with Crippen LogP contribution in [0.25, 0.3) is 11.2 Å². The number of nitrogen functional groups attached to an aromatic ring is 1. The number of anilines is 1. The van der Waals surface area contributed by atoms with Crippen LogP contribution < -0.4 is 10.5 Å². The highest BCUT2D eigenvalue weighted by Crippen LogP contribution is 2.38. The molecule has 1 fully saturated rings. The first-order valence-electron chi connectivity index (χ1n) is 9.13. The first-order chi connectivity index (χ1) is 13.6. The van der Waals surface area contributed by atoms with E-state index < -0.39 is 17.4 Å². The molecule has 1 atom stereocenters. The normalized spacial score (nSPS) is 16.5. The fourth-order valence-corrected chi connectivity index (χ4v) is 4.99. The second kappa shape index (κ2) is 7.83. The first kappa shape index (κ1) is 18.8. The average Bonchev–Trinajstić information content (AvgIpc) is 3.00. The van der Waals surface area contributed by atoms with Crippen molar-refractivity contribution in [2.75, 3.05) is 5.73 Å². The molecule has 1 unspecified atom stereocenters. The number of halogens is 2. The van der Waals surface area contributed by atoms with Crippen LogP contribution in [0.4, 0.5) is 14.6 Å². The third kappa shape index (κ3) is 3.46. The van der Waals surface area contributed by atoms with E-state index in [1.54, 1.807) is 12.4 Å². The number of nitrogens with two attached hydrogens (primary N) is 1. The van der Waals surface area contributed by atoms with Gasteiger partial charge in [0, 0.05) is 23.3 Å². The smallest absolute Gasteiger partial charge is 0.387 e. The van der Waals surface area contributed by atoms with Crippen molar-refractivity contribution in [3.63, 3.8) is 0 Å². The van der Waals surface area contributed by atoms with E-state index in [0.717, 1.165) is 25.7 Å². The zero-order valence-electron chi connectivity index (χ0n) is 15.1. The van der Waals surface area contributed by atoms with Crippen LogP contribution in [-0.2, 0) is 10.8 Å². The maximum absolute atomic E-state index is 13.3. The van der Waals surface area contributed by atoms with Gasteiger partial charge in [0.15, 0.2) is 5.65 Å². The number of hydrogen-bond acceptors (Lipinski definition) is 5. The topological polar surface area (TPSA) is 83.0 Å². The third-order valence-corrected chi connectivity index (χ3v) is 6.48. The summed E-state index contributed by atoms with van der Waals surface area (Å²) in [6.45, 7) is -2.91. The van der Waals surface area contributed by atoms with Crippen molar-refractivity contribution in [3.05, 3.63) is 36.7 Å². The van der Waals surface area contributed by atoms with Crippen LogP contribution in [0, 0.1) is 0 Å². The first-order valence-corrected chi connectivity index (χ1v) is 10.3. The molecule has 1 aliphatic rings. The second-order valence-corrected chi connectivity index (χ2v) is 8.14. The minimum Gasteiger partial charge on any atom is -0.435 e. The molecule has 2 N–H and O–H groups in total. The second-order valence-electron chi connectivity index (χ2n) is 6.72. The van der Waals surface area contributed by atoms with Gasteiger partial charge in [0.05, 0.1) is 10.8 Å². The van der Waals surface area contributed by atoms with Crippen molar-refractivity contribution in [1.29, 1.82) is 0 Å². The summed E-state index contributed by atoms with van der Waals surface area (Å²) in [5.41, 5.74) is 7.59. The zero-order chi connectivity index (χ0) is 19.7. The van der Waals surface area contributed by atoms with Crippen LogP contribution in [-0.4, -0.2) is 25.4 Å². The highest BCUT2D eigenvalue weighted by atomic mass is 32.2. The Bertz CT molecular complexity index is 1000. The number of aromatic nitrogens is 3. The lowest BCUT2D eigenvalue weighted by atomic mass is 9.95. The Morgan fingerprint density at radius 3 is 2.46 bits per heavy atom. The summed E-state index contributed by atoms with van der Waals surface area (Å²) in [5, 5.41) is 0. The highest BCUT2D eigenvalue weighted by molar-refractivity contribution is 7.85. The minimum atomic E-state index is -2.91. The van der Waals surface area contributed by atoms with E-state index in [-0.39, 0.29) is 11.8 Å². The van der Waals surface area contributed by atoms with Crippen LogP contribution in [0.5, 0.6) is 5.75 Å². The number of fused-ring (bicyclic) bond motifs is 1. The van der Waals surface area contributed by atoms with Gasteiger partial charge in [0.1, 0.15) is 22.0 Å². The zero-order valence-corrected chi connectivity index (χ0v) is 15.9. The number of ether oxygens (including phenoxy) is 1. The molecule has 2 aromatic heterocycles. The van der Waals surface area contributed by atoms with Gasteiger partial charge in [-0.25, -0.2) is 14.2 Å². The van der Waals surface area contributed by atoms with Gasteiger partial charge in [-0.15, -0.1) is 0 Å². The summed E-state index contributed by atoms with van der Waals surface area (Å²) >= 11 is 0. The number of nitrogens with zero attached hydrogens (tertiary/aromatic N) is 3. The minimum absolute atomic E-state index is 0.00754. The summed E-state index contributed by atoms with van der Waals surface area (Å²) < 4.78 is 44.3. The predicted molar refractivity (Wildman–Crippen MR) is 102 cm³/mol. The van der Waals surface area contributed by atoms with Gasteiger partial charge in [0.25, 0.3) is 0 Å². The molecule has 4 rings (SSSR count). The summed E-state index contributed by atoms with van der Waals surface area (Å²) in [6.07, 6.45) is 8.58. The van der Waals surface area contributed by atoms with Crippen molar-refractivity contribution in [1.82, 2.24) is 14.5 Å². The molecular weight excluding hydrogens is 386 g/mol. The predicted octanol–water partition coefficient (Wildman–Crippen LogP) is 4.29. The maximum Gasteiger partial charge on any atom is 0.387 e. The monoisotopic (exact) mass is 406 g/mol. The lowest BCUT2D eigenvalue weighted by Gasteiger charge is -2.24. The van der Waals surface area contributed by atoms with Crippen molar-refractivity contribution < 1.29 is 17.7 Å². The molecule has 0 spiro atoms. The molecule has 28 heavy (non-hydrogen) atoms. The molecule has 0 amide bonds. The Labute approximate surface area is 163 Å². The molecule has 0 saturated heterocycles. The molecule has 2 heterocycles. The van der Waals surface area contributed by atoms with Crippen molar-refractivity contribution in [3.8, 4) is 5.75 Å². The molecule has 148 valence electrons. The van der Waals surface area contributed by atoms with Crippen molar-refractivity contribution in [2.24, 2.45) is 0 Å². The van der Waals surface area contributed by atoms with Crippen LogP contribution in [0.3, 0.4) is 0 Å². The highest BCUT2D eigenvalue weighted by Gasteiger charge is 2.27. The molecule has 0 radical (unpaired) electrons. The molecule has 1 saturated carbocycles. The van der Waals surface area contributed by atoms with E-state index in [2.05, 4.69) is 14.7 Å². The molecule has 0 bridgehead atoms. The molecule has 1 aliphatic carbocycles. The Balaban J connectivity index is 1.76. The summed E-state index contributed by atoms with van der Waals surface area (Å²) in [6, 6.07) is 5.92. The number of rotatable bonds is 5. The van der Waals surface area contributed by atoms with Gasteiger partial charge in [0.2, 0.25) is 0 Å².